The zero-order valence-corrected chi connectivity index (χ0v) is 15.5. The van der Waals surface area contributed by atoms with E-state index in [1.165, 1.54) is 5.56 Å². The first-order valence-electron chi connectivity index (χ1n) is 8.33. The van der Waals surface area contributed by atoms with E-state index in [-0.39, 0.29) is 11.8 Å². The van der Waals surface area contributed by atoms with Gasteiger partial charge in [0.2, 0.25) is 11.8 Å². The number of aromatic nitrogens is 2. The number of hydrogen-bond donors (Lipinski definition) is 1. The van der Waals surface area contributed by atoms with Crippen LogP contribution in [0.25, 0.3) is 11.5 Å². The Hall–Kier alpha value is -1.82. The van der Waals surface area contributed by atoms with Crippen LogP contribution in [0.5, 0.6) is 0 Å². The van der Waals surface area contributed by atoms with Crippen molar-refractivity contribution in [1.29, 1.82) is 0 Å². The summed E-state index contributed by atoms with van der Waals surface area (Å²) in [6, 6.07) is 8.14. The second kappa shape index (κ2) is 8.87. The average Bonchev–Trinajstić information content (AvgIpc) is 2.99. The fraction of sp³-hybridized carbons (Fsp3) is 0.500. The summed E-state index contributed by atoms with van der Waals surface area (Å²) in [6.07, 6.45) is 1.85. The number of aryl methyl sites for hydroxylation is 1. The van der Waals surface area contributed by atoms with Crippen LogP contribution in [0, 0.1) is 5.92 Å². The fourth-order valence-corrected chi connectivity index (χ4v) is 2.72. The third-order valence-corrected chi connectivity index (χ3v) is 4.25. The molecule has 0 atom stereocenters. The predicted octanol–water partition coefficient (Wildman–Crippen LogP) is 3.94. The standard InChI is InChI=1S/C18H25N3O2S/c1-12(2)16(22)19-11-5-6-14-7-9-15(10-8-14)17-20-21-18(23-17)24-13(3)4/h7-10,12-13H,5-6,11H2,1-4H3,(H,19,22). The van der Waals surface area contributed by atoms with Gasteiger partial charge in [-0.05, 0) is 30.5 Å². The minimum Gasteiger partial charge on any atom is -0.411 e. The van der Waals surface area contributed by atoms with Crippen LogP contribution in [-0.2, 0) is 11.2 Å². The van der Waals surface area contributed by atoms with Crippen LogP contribution in [0.2, 0.25) is 0 Å². The van der Waals surface area contributed by atoms with Crippen molar-refractivity contribution in [3.63, 3.8) is 0 Å². The number of rotatable bonds is 8. The lowest BCUT2D eigenvalue weighted by Crippen LogP contribution is -2.28. The maximum Gasteiger partial charge on any atom is 0.277 e. The fourth-order valence-electron chi connectivity index (χ4n) is 2.10. The zero-order valence-electron chi connectivity index (χ0n) is 14.7. The summed E-state index contributed by atoms with van der Waals surface area (Å²) in [5, 5.41) is 12.1. The number of carbonyl (C=O) groups excluding carboxylic acids is 1. The molecule has 1 aromatic carbocycles. The SMILES string of the molecule is CC(C)Sc1nnc(-c2ccc(CCCNC(=O)C(C)C)cc2)o1. The van der Waals surface area contributed by atoms with E-state index >= 15 is 0 Å². The van der Waals surface area contributed by atoms with Crippen LogP contribution in [0.3, 0.4) is 0 Å². The van der Waals surface area contributed by atoms with E-state index in [4.69, 9.17) is 4.42 Å². The third-order valence-electron chi connectivity index (χ3n) is 3.41. The number of nitrogens with zero attached hydrogens (tertiary/aromatic N) is 2. The van der Waals surface area contributed by atoms with Crippen LogP contribution in [0.4, 0.5) is 0 Å². The molecule has 0 bridgehead atoms. The van der Waals surface area contributed by atoms with E-state index in [0.29, 0.717) is 22.9 Å². The second-order valence-electron chi connectivity index (χ2n) is 6.29. The highest BCUT2D eigenvalue weighted by molar-refractivity contribution is 7.99. The number of thioether (sulfide) groups is 1. The first kappa shape index (κ1) is 18.5. The molecule has 0 aliphatic rings. The maximum atomic E-state index is 11.5. The van der Waals surface area contributed by atoms with Crippen molar-refractivity contribution in [2.45, 2.75) is 51.0 Å². The molecule has 2 aromatic rings. The molecule has 0 spiro atoms. The minimum atomic E-state index is 0.0393. The lowest BCUT2D eigenvalue weighted by atomic mass is 10.1. The summed E-state index contributed by atoms with van der Waals surface area (Å²) in [6.45, 7) is 8.69. The van der Waals surface area contributed by atoms with E-state index in [1.807, 2.05) is 26.0 Å². The third kappa shape index (κ3) is 5.67. The van der Waals surface area contributed by atoms with Crippen molar-refractivity contribution >= 4 is 17.7 Å². The van der Waals surface area contributed by atoms with Gasteiger partial charge in [-0.3, -0.25) is 4.79 Å². The van der Waals surface area contributed by atoms with E-state index in [9.17, 15) is 4.79 Å². The molecule has 1 N–H and O–H groups in total. The molecule has 0 aliphatic heterocycles. The summed E-state index contributed by atoms with van der Waals surface area (Å²) >= 11 is 1.56. The molecule has 0 saturated carbocycles. The van der Waals surface area contributed by atoms with Gasteiger partial charge in [0.05, 0.1) is 0 Å². The molecule has 130 valence electrons. The molecule has 5 nitrogen and oxygen atoms in total. The van der Waals surface area contributed by atoms with Crippen LogP contribution in [-0.4, -0.2) is 27.9 Å². The van der Waals surface area contributed by atoms with E-state index in [2.05, 4.69) is 41.5 Å². The summed E-state index contributed by atoms with van der Waals surface area (Å²) in [4.78, 5) is 11.5. The Balaban J connectivity index is 1.84. The van der Waals surface area contributed by atoms with Crippen molar-refractivity contribution in [2.75, 3.05) is 6.54 Å². The Labute approximate surface area is 147 Å². The van der Waals surface area contributed by atoms with Gasteiger partial charge in [0.15, 0.2) is 0 Å². The first-order valence-corrected chi connectivity index (χ1v) is 9.21. The molecule has 0 fully saturated rings. The first-order chi connectivity index (χ1) is 11.5. The molecule has 0 saturated heterocycles. The van der Waals surface area contributed by atoms with Gasteiger partial charge >= 0.3 is 0 Å². The predicted molar refractivity (Wildman–Crippen MR) is 96.9 cm³/mol. The monoisotopic (exact) mass is 347 g/mol. The lowest BCUT2D eigenvalue weighted by molar-refractivity contribution is -0.123. The van der Waals surface area contributed by atoms with Gasteiger partial charge in [-0.2, -0.15) is 0 Å². The Kier molecular flexibility index (Phi) is 6.85. The van der Waals surface area contributed by atoms with Crippen molar-refractivity contribution < 1.29 is 9.21 Å². The molecule has 1 aromatic heterocycles. The van der Waals surface area contributed by atoms with Gasteiger partial charge in [-0.1, -0.05) is 51.6 Å². The van der Waals surface area contributed by atoms with E-state index in [1.54, 1.807) is 11.8 Å². The van der Waals surface area contributed by atoms with Crippen molar-refractivity contribution in [3.05, 3.63) is 29.8 Å². The molecule has 6 heteroatoms. The van der Waals surface area contributed by atoms with Crippen LogP contribution < -0.4 is 5.32 Å². The molecule has 0 unspecified atom stereocenters. The number of nitrogens with one attached hydrogen (secondary N) is 1. The molecule has 2 rings (SSSR count). The highest BCUT2D eigenvalue weighted by atomic mass is 32.2. The highest BCUT2D eigenvalue weighted by Crippen LogP contribution is 2.25. The second-order valence-corrected chi connectivity index (χ2v) is 7.81. The summed E-state index contributed by atoms with van der Waals surface area (Å²) in [5.74, 6) is 0.697. The van der Waals surface area contributed by atoms with Crippen molar-refractivity contribution in [1.82, 2.24) is 15.5 Å². The maximum absolute atomic E-state index is 11.5. The van der Waals surface area contributed by atoms with E-state index < -0.39 is 0 Å². The summed E-state index contributed by atoms with van der Waals surface area (Å²) < 4.78 is 5.66. The summed E-state index contributed by atoms with van der Waals surface area (Å²) in [7, 11) is 0. The quantitative estimate of drug-likeness (QED) is 0.578. The highest BCUT2D eigenvalue weighted by Gasteiger charge is 2.10. The molecule has 24 heavy (non-hydrogen) atoms. The van der Waals surface area contributed by atoms with Crippen molar-refractivity contribution in [3.8, 4) is 11.5 Å². The van der Waals surface area contributed by atoms with Gasteiger partial charge < -0.3 is 9.73 Å². The van der Waals surface area contributed by atoms with Gasteiger partial charge in [0.25, 0.3) is 5.22 Å². The average molecular weight is 347 g/mol. The molecular weight excluding hydrogens is 322 g/mol. The molecule has 0 radical (unpaired) electrons. The summed E-state index contributed by atoms with van der Waals surface area (Å²) in [5.41, 5.74) is 2.16. The van der Waals surface area contributed by atoms with Crippen LogP contribution >= 0.6 is 11.8 Å². The molecular formula is C18H25N3O2S. The van der Waals surface area contributed by atoms with E-state index in [0.717, 1.165) is 18.4 Å². The number of carbonyl (C=O) groups is 1. The lowest BCUT2D eigenvalue weighted by Gasteiger charge is -2.07. The number of benzene rings is 1. The number of hydrogen-bond acceptors (Lipinski definition) is 5. The normalized spacial score (nSPS) is 11.2. The largest absolute Gasteiger partial charge is 0.411 e. The Morgan fingerprint density at radius 3 is 2.50 bits per heavy atom. The number of amides is 1. The van der Waals surface area contributed by atoms with Gasteiger partial charge in [-0.15, -0.1) is 10.2 Å². The minimum absolute atomic E-state index is 0.0393. The van der Waals surface area contributed by atoms with Crippen molar-refractivity contribution in [2.24, 2.45) is 5.92 Å². The van der Waals surface area contributed by atoms with Crippen LogP contribution in [0.1, 0.15) is 39.7 Å². The van der Waals surface area contributed by atoms with Gasteiger partial charge in [-0.25, -0.2) is 0 Å². The molecule has 1 heterocycles. The Bertz CT molecular complexity index is 651. The molecule has 0 aliphatic carbocycles. The Morgan fingerprint density at radius 1 is 1.17 bits per heavy atom. The van der Waals surface area contributed by atoms with Crippen LogP contribution in [0.15, 0.2) is 33.9 Å². The topological polar surface area (TPSA) is 68.0 Å². The molecule has 1 amide bonds. The Morgan fingerprint density at radius 2 is 1.88 bits per heavy atom. The smallest absolute Gasteiger partial charge is 0.277 e. The van der Waals surface area contributed by atoms with Gasteiger partial charge in [0, 0.05) is 23.3 Å². The van der Waals surface area contributed by atoms with Gasteiger partial charge in [0.1, 0.15) is 0 Å². The zero-order chi connectivity index (χ0) is 17.5.